The lowest BCUT2D eigenvalue weighted by molar-refractivity contribution is 0.0943. The molecule has 90 valence electrons. The number of hydrogen-bond donors (Lipinski definition) is 2. The van der Waals surface area contributed by atoms with Gasteiger partial charge in [0.2, 0.25) is 0 Å². The van der Waals surface area contributed by atoms with E-state index < -0.39 is 5.41 Å². The number of nitriles is 1. The summed E-state index contributed by atoms with van der Waals surface area (Å²) in [5, 5.41) is 20.8. The summed E-state index contributed by atoms with van der Waals surface area (Å²) in [4.78, 5) is 11.8. The number of nitrogens with zero attached hydrogens (tertiary/aromatic N) is 1. The molecule has 0 aliphatic rings. The molecule has 0 aliphatic carbocycles. The van der Waals surface area contributed by atoms with E-state index in [1.165, 1.54) is 12.1 Å². The van der Waals surface area contributed by atoms with Gasteiger partial charge < -0.3 is 10.4 Å². The van der Waals surface area contributed by atoms with E-state index in [2.05, 4.69) is 11.4 Å². The summed E-state index contributed by atoms with van der Waals surface area (Å²) in [7, 11) is 0. The van der Waals surface area contributed by atoms with Crippen molar-refractivity contribution in [2.75, 3.05) is 6.54 Å². The summed E-state index contributed by atoms with van der Waals surface area (Å²) in [6, 6.07) is 6.69. The summed E-state index contributed by atoms with van der Waals surface area (Å²) in [5.41, 5.74) is 0.634. The van der Waals surface area contributed by atoms with Crippen LogP contribution in [0.25, 0.3) is 0 Å². The first-order valence-corrected chi connectivity index (χ1v) is 5.35. The Hall–Kier alpha value is -2.02. The summed E-state index contributed by atoms with van der Waals surface area (Å²) in [6.07, 6.45) is 0. The zero-order valence-corrected chi connectivity index (χ0v) is 10.2. The lowest BCUT2D eigenvalue weighted by Gasteiger charge is -2.16. The number of nitrogens with one attached hydrogen (secondary N) is 1. The van der Waals surface area contributed by atoms with Crippen LogP contribution in [-0.2, 0) is 0 Å². The highest BCUT2D eigenvalue weighted by molar-refractivity contribution is 5.95. The zero-order valence-electron chi connectivity index (χ0n) is 10.2. The lowest BCUT2D eigenvalue weighted by Crippen LogP contribution is -2.33. The first-order valence-electron chi connectivity index (χ1n) is 5.35. The highest BCUT2D eigenvalue weighted by Crippen LogP contribution is 2.16. The maximum absolute atomic E-state index is 11.8. The van der Waals surface area contributed by atoms with Crippen molar-refractivity contribution in [1.82, 2.24) is 5.32 Å². The molecule has 2 N–H and O–H groups in total. The molecule has 0 atom stereocenters. The number of amides is 1. The smallest absolute Gasteiger partial charge is 0.251 e. The molecule has 1 aromatic rings. The molecule has 1 amide bonds. The predicted octanol–water partition coefficient (Wildman–Crippen LogP) is 1.98. The Kier molecular flexibility index (Phi) is 3.74. The van der Waals surface area contributed by atoms with Crippen LogP contribution < -0.4 is 5.32 Å². The second kappa shape index (κ2) is 4.88. The molecule has 0 aliphatic heterocycles. The molecule has 1 rings (SSSR count). The van der Waals surface area contributed by atoms with Crippen molar-refractivity contribution >= 4 is 5.91 Å². The fourth-order valence-electron chi connectivity index (χ4n) is 1.34. The molecule has 0 saturated heterocycles. The standard InChI is InChI=1S/C13H16N2O2/c1-9-6-10(16)4-5-11(9)12(17)15-8-13(2,3)7-14/h4-6,16H,8H2,1-3H3,(H,15,17). The fraction of sp³-hybridized carbons (Fsp3) is 0.385. The summed E-state index contributed by atoms with van der Waals surface area (Å²) < 4.78 is 0. The lowest BCUT2D eigenvalue weighted by atomic mass is 9.96. The zero-order chi connectivity index (χ0) is 13.1. The van der Waals surface area contributed by atoms with E-state index in [1.807, 2.05) is 0 Å². The summed E-state index contributed by atoms with van der Waals surface area (Å²) in [5.74, 6) is -0.0952. The molecule has 0 radical (unpaired) electrons. The second-order valence-corrected chi connectivity index (χ2v) is 4.68. The number of phenols is 1. The summed E-state index contributed by atoms with van der Waals surface area (Å²) in [6.45, 7) is 5.57. The van der Waals surface area contributed by atoms with Crippen LogP contribution in [0.2, 0.25) is 0 Å². The minimum absolute atomic E-state index is 0.136. The molecule has 0 bridgehead atoms. The van der Waals surface area contributed by atoms with E-state index in [1.54, 1.807) is 26.8 Å². The van der Waals surface area contributed by atoms with E-state index in [0.29, 0.717) is 17.7 Å². The largest absolute Gasteiger partial charge is 0.508 e. The maximum atomic E-state index is 11.8. The van der Waals surface area contributed by atoms with Gasteiger partial charge in [0.05, 0.1) is 11.5 Å². The first-order chi connectivity index (χ1) is 7.85. The molecular formula is C13H16N2O2. The molecule has 0 saturated carbocycles. The van der Waals surface area contributed by atoms with Crippen LogP contribution in [-0.4, -0.2) is 17.6 Å². The number of hydrogen-bond acceptors (Lipinski definition) is 3. The molecule has 0 fully saturated rings. The Bertz CT molecular complexity index is 473. The van der Waals surface area contributed by atoms with Crippen LogP contribution in [0, 0.1) is 23.7 Å². The normalized spacial score (nSPS) is 10.7. The Morgan fingerprint density at radius 3 is 2.71 bits per heavy atom. The maximum Gasteiger partial charge on any atom is 0.251 e. The minimum Gasteiger partial charge on any atom is -0.508 e. The van der Waals surface area contributed by atoms with E-state index in [0.717, 1.165) is 0 Å². The molecule has 4 heteroatoms. The molecule has 4 nitrogen and oxygen atoms in total. The number of benzene rings is 1. The molecule has 17 heavy (non-hydrogen) atoms. The minimum atomic E-state index is -0.583. The molecule has 0 unspecified atom stereocenters. The summed E-state index contributed by atoms with van der Waals surface area (Å²) >= 11 is 0. The van der Waals surface area contributed by atoms with Gasteiger partial charge in [-0.1, -0.05) is 0 Å². The SMILES string of the molecule is Cc1cc(O)ccc1C(=O)NCC(C)(C)C#N. The van der Waals surface area contributed by atoms with Crippen molar-refractivity contribution in [3.8, 4) is 11.8 Å². The van der Waals surface area contributed by atoms with Crippen LogP contribution in [0.4, 0.5) is 0 Å². The van der Waals surface area contributed by atoms with E-state index in [-0.39, 0.29) is 11.7 Å². The molecule has 0 aromatic heterocycles. The van der Waals surface area contributed by atoms with E-state index in [4.69, 9.17) is 5.26 Å². The van der Waals surface area contributed by atoms with Gasteiger partial charge in [-0.25, -0.2) is 0 Å². The number of aryl methyl sites for hydroxylation is 1. The Morgan fingerprint density at radius 1 is 1.53 bits per heavy atom. The topological polar surface area (TPSA) is 73.1 Å². The van der Waals surface area contributed by atoms with Gasteiger partial charge >= 0.3 is 0 Å². The van der Waals surface area contributed by atoms with Gasteiger partial charge in [0.25, 0.3) is 5.91 Å². The monoisotopic (exact) mass is 232 g/mol. The van der Waals surface area contributed by atoms with E-state index >= 15 is 0 Å². The van der Waals surface area contributed by atoms with Crippen LogP contribution >= 0.6 is 0 Å². The molecular weight excluding hydrogens is 216 g/mol. The second-order valence-electron chi connectivity index (χ2n) is 4.68. The van der Waals surface area contributed by atoms with Gasteiger partial charge in [0.1, 0.15) is 5.75 Å². The highest BCUT2D eigenvalue weighted by atomic mass is 16.3. The van der Waals surface area contributed by atoms with Crippen LogP contribution in [0.1, 0.15) is 29.8 Å². The fourth-order valence-corrected chi connectivity index (χ4v) is 1.34. The Morgan fingerprint density at radius 2 is 2.18 bits per heavy atom. The van der Waals surface area contributed by atoms with Gasteiger partial charge in [-0.15, -0.1) is 0 Å². The van der Waals surface area contributed by atoms with Crippen molar-refractivity contribution in [2.24, 2.45) is 5.41 Å². The van der Waals surface area contributed by atoms with E-state index in [9.17, 15) is 9.90 Å². The van der Waals surface area contributed by atoms with Gasteiger partial charge in [0.15, 0.2) is 0 Å². The molecule has 1 aromatic carbocycles. The third-order valence-corrected chi connectivity index (χ3v) is 2.45. The number of aromatic hydroxyl groups is 1. The van der Waals surface area contributed by atoms with Crippen molar-refractivity contribution in [1.29, 1.82) is 5.26 Å². The average Bonchev–Trinajstić information content (AvgIpc) is 2.26. The van der Waals surface area contributed by atoms with Gasteiger partial charge in [-0.05, 0) is 44.5 Å². The van der Waals surface area contributed by atoms with Gasteiger partial charge in [-0.2, -0.15) is 5.26 Å². The number of carbonyl (C=O) groups is 1. The number of carbonyl (C=O) groups excluding carboxylic acids is 1. The van der Waals surface area contributed by atoms with Gasteiger partial charge in [0, 0.05) is 12.1 Å². The van der Waals surface area contributed by atoms with Gasteiger partial charge in [-0.3, -0.25) is 4.79 Å². The third kappa shape index (κ3) is 3.49. The third-order valence-electron chi connectivity index (χ3n) is 2.45. The Balaban J connectivity index is 2.75. The number of rotatable bonds is 3. The molecule has 0 spiro atoms. The van der Waals surface area contributed by atoms with Crippen molar-refractivity contribution < 1.29 is 9.90 Å². The highest BCUT2D eigenvalue weighted by Gasteiger charge is 2.18. The Labute approximate surface area is 101 Å². The average molecular weight is 232 g/mol. The molecule has 0 heterocycles. The number of phenolic OH excluding ortho intramolecular Hbond substituents is 1. The van der Waals surface area contributed by atoms with Crippen LogP contribution in [0.15, 0.2) is 18.2 Å². The first kappa shape index (κ1) is 13.0. The van der Waals surface area contributed by atoms with Crippen LogP contribution in [0.3, 0.4) is 0 Å². The predicted molar refractivity (Wildman–Crippen MR) is 64.6 cm³/mol. The van der Waals surface area contributed by atoms with Crippen molar-refractivity contribution in [3.05, 3.63) is 29.3 Å². The van der Waals surface area contributed by atoms with Crippen molar-refractivity contribution in [3.63, 3.8) is 0 Å². The van der Waals surface area contributed by atoms with Crippen LogP contribution in [0.5, 0.6) is 5.75 Å². The quantitative estimate of drug-likeness (QED) is 0.836. The van der Waals surface area contributed by atoms with Crippen molar-refractivity contribution in [2.45, 2.75) is 20.8 Å².